The van der Waals surface area contributed by atoms with Crippen LogP contribution in [0.25, 0.3) is 0 Å². The first-order chi connectivity index (χ1) is 7.75. The summed E-state index contributed by atoms with van der Waals surface area (Å²) in [5.41, 5.74) is 0. The molecule has 0 fully saturated rings. The first-order valence-electron chi connectivity index (χ1n) is 4.69. The van der Waals surface area contributed by atoms with Crippen LogP contribution in [0.3, 0.4) is 0 Å². The Bertz CT molecular complexity index is 467. The summed E-state index contributed by atoms with van der Waals surface area (Å²) in [6.07, 6.45) is 1.60. The van der Waals surface area contributed by atoms with Crippen molar-refractivity contribution in [2.24, 2.45) is 0 Å². The molecule has 2 aromatic rings. The molecule has 1 aromatic carbocycles. The fraction of sp³-hybridized carbons (Fsp3) is 0.0909. The summed E-state index contributed by atoms with van der Waals surface area (Å²) in [5.74, 6) is 0.777. The molecule has 0 saturated carbocycles. The van der Waals surface area contributed by atoms with Crippen molar-refractivity contribution in [1.29, 1.82) is 0 Å². The van der Waals surface area contributed by atoms with Crippen molar-refractivity contribution in [2.45, 2.75) is 11.4 Å². The Morgan fingerprint density at radius 3 is 2.62 bits per heavy atom. The van der Waals surface area contributed by atoms with Crippen molar-refractivity contribution in [3.05, 3.63) is 52.0 Å². The van der Waals surface area contributed by atoms with Gasteiger partial charge in [0.1, 0.15) is 16.7 Å². The van der Waals surface area contributed by atoms with Gasteiger partial charge in [0, 0.05) is 3.57 Å². The van der Waals surface area contributed by atoms with Crippen LogP contribution in [-0.2, 0) is 17.5 Å². The van der Waals surface area contributed by atoms with Crippen molar-refractivity contribution in [1.82, 2.24) is 4.72 Å². The first kappa shape index (κ1) is 11.8. The van der Waals surface area contributed by atoms with Gasteiger partial charge >= 0.3 is 0 Å². The summed E-state index contributed by atoms with van der Waals surface area (Å²) >= 11 is 2.22. The maximum Gasteiger partial charge on any atom is 0.125 e. The topological polar surface area (TPSA) is 42.2 Å². The average Bonchev–Trinajstić information content (AvgIpc) is 2.80. The molecule has 0 amide bonds. The standard InChI is InChI=1S/C11H10INO2S/c12-9-3-5-11(6-4-9)16(14)13-8-10-2-1-7-15-10/h1-7,13H,8H2. The molecule has 0 aliphatic carbocycles. The molecule has 1 N–H and O–H groups in total. The molecule has 0 aliphatic heterocycles. The van der Waals surface area contributed by atoms with Crippen molar-refractivity contribution < 1.29 is 8.63 Å². The van der Waals surface area contributed by atoms with Crippen LogP contribution in [0.2, 0.25) is 0 Å². The highest BCUT2D eigenvalue weighted by Gasteiger charge is 2.04. The number of nitrogens with one attached hydrogen (secondary N) is 1. The summed E-state index contributed by atoms with van der Waals surface area (Å²) in [6, 6.07) is 11.2. The van der Waals surface area contributed by atoms with Gasteiger partial charge in [0.2, 0.25) is 0 Å². The molecule has 3 nitrogen and oxygen atoms in total. The van der Waals surface area contributed by atoms with Crippen LogP contribution in [0.1, 0.15) is 5.76 Å². The van der Waals surface area contributed by atoms with Gasteiger partial charge in [-0.25, -0.2) is 8.93 Å². The fourth-order valence-electron chi connectivity index (χ4n) is 1.19. The van der Waals surface area contributed by atoms with E-state index in [0.717, 1.165) is 14.2 Å². The quantitative estimate of drug-likeness (QED) is 0.865. The molecule has 0 aliphatic rings. The van der Waals surface area contributed by atoms with Crippen LogP contribution in [0.4, 0.5) is 0 Å². The van der Waals surface area contributed by atoms with Gasteiger partial charge in [-0.2, -0.15) is 0 Å². The monoisotopic (exact) mass is 347 g/mol. The number of hydrogen-bond acceptors (Lipinski definition) is 2. The lowest BCUT2D eigenvalue weighted by atomic mass is 10.4. The van der Waals surface area contributed by atoms with Crippen LogP contribution in [0.15, 0.2) is 52.0 Å². The van der Waals surface area contributed by atoms with E-state index in [4.69, 9.17) is 4.42 Å². The smallest absolute Gasteiger partial charge is 0.125 e. The van der Waals surface area contributed by atoms with E-state index in [2.05, 4.69) is 27.3 Å². The Morgan fingerprint density at radius 2 is 2.00 bits per heavy atom. The third kappa shape index (κ3) is 3.16. The largest absolute Gasteiger partial charge is 0.468 e. The van der Waals surface area contributed by atoms with Gasteiger partial charge in [-0.1, -0.05) is 0 Å². The minimum atomic E-state index is -1.19. The van der Waals surface area contributed by atoms with E-state index in [1.807, 2.05) is 36.4 Å². The lowest BCUT2D eigenvalue weighted by Crippen LogP contribution is -2.16. The van der Waals surface area contributed by atoms with Gasteiger partial charge in [0.15, 0.2) is 0 Å². The molecule has 0 spiro atoms. The molecule has 2 rings (SSSR count). The van der Waals surface area contributed by atoms with Crippen LogP contribution in [0, 0.1) is 3.57 Å². The lowest BCUT2D eigenvalue weighted by Gasteiger charge is -2.02. The van der Waals surface area contributed by atoms with E-state index < -0.39 is 11.0 Å². The Morgan fingerprint density at radius 1 is 1.25 bits per heavy atom. The van der Waals surface area contributed by atoms with E-state index in [9.17, 15) is 4.21 Å². The Hall–Kier alpha value is -0.660. The predicted molar refractivity (Wildman–Crippen MR) is 71.1 cm³/mol. The Labute approximate surface area is 110 Å². The van der Waals surface area contributed by atoms with E-state index in [-0.39, 0.29) is 0 Å². The second-order valence-corrected chi connectivity index (χ2v) is 5.67. The molecule has 0 bridgehead atoms. The fourth-order valence-corrected chi connectivity index (χ4v) is 2.37. The lowest BCUT2D eigenvalue weighted by molar-refractivity contribution is 0.504. The average molecular weight is 347 g/mol. The zero-order chi connectivity index (χ0) is 11.4. The number of benzene rings is 1. The van der Waals surface area contributed by atoms with Crippen molar-refractivity contribution in [3.8, 4) is 0 Å². The third-order valence-electron chi connectivity index (χ3n) is 1.99. The van der Waals surface area contributed by atoms with Crippen LogP contribution in [0.5, 0.6) is 0 Å². The second kappa shape index (κ2) is 5.60. The van der Waals surface area contributed by atoms with Crippen LogP contribution >= 0.6 is 22.6 Å². The van der Waals surface area contributed by atoms with E-state index in [1.165, 1.54) is 0 Å². The normalized spacial score (nSPS) is 12.6. The zero-order valence-electron chi connectivity index (χ0n) is 8.35. The van der Waals surface area contributed by atoms with E-state index in [0.29, 0.717) is 6.54 Å². The summed E-state index contributed by atoms with van der Waals surface area (Å²) in [6.45, 7) is 0.464. The van der Waals surface area contributed by atoms with Gasteiger partial charge < -0.3 is 4.42 Å². The molecule has 1 atom stereocenters. The van der Waals surface area contributed by atoms with Crippen molar-refractivity contribution in [3.63, 3.8) is 0 Å². The van der Waals surface area contributed by atoms with Crippen molar-refractivity contribution >= 4 is 33.6 Å². The zero-order valence-corrected chi connectivity index (χ0v) is 11.3. The highest BCUT2D eigenvalue weighted by atomic mass is 127. The first-order valence-corrected chi connectivity index (χ1v) is 6.92. The van der Waals surface area contributed by atoms with E-state index in [1.54, 1.807) is 6.26 Å². The maximum atomic E-state index is 11.8. The summed E-state index contributed by atoms with van der Waals surface area (Å²) in [5, 5.41) is 0. The molecule has 0 radical (unpaired) electrons. The van der Waals surface area contributed by atoms with Gasteiger partial charge in [0.25, 0.3) is 0 Å². The Balaban J connectivity index is 1.95. The van der Waals surface area contributed by atoms with Crippen molar-refractivity contribution in [2.75, 3.05) is 0 Å². The van der Waals surface area contributed by atoms with Gasteiger partial charge in [0.05, 0.1) is 17.7 Å². The molecule has 16 heavy (non-hydrogen) atoms. The number of rotatable bonds is 4. The summed E-state index contributed by atoms with van der Waals surface area (Å²) < 4.78 is 21.0. The third-order valence-corrected chi connectivity index (χ3v) is 3.81. The molecule has 1 aromatic heterocycles. The second-order valence-electron chi connectivity index (χ2n) is 3.12. The van der Waals surface area contributed by atoms with Gasteiger partial charge in [-0.05, 0) is 59.0 Å². The molecular formula is C11H10INO2S. The molecule has 1 heterocycles. The minimum Gasteiger partial charge on any atom is -0.468 e. The molecule has 5 heteroatoms. The molecular weight excluding hydrogens is 337 g/mol. The maximum absolute atomic E-state index is 11.8. The predicted octanol–water partition coefficient (Wildman–Crippen LogP) is 2.70. The molecule has 1 unspecified atom stereocenters. The van der Waals surface area contributed by atoms with Gasteiger partial charge in [-0.3, -0.25) is 0 Å². The SMILES string of the molecule is O=S(NCc1ccco1)c1ccc(I)cc1. The van der Waals surface area contributed by atoms with Crippen LogP contribution < -0.4 is 4.72 Å². The molecule has 0 saturated heterocycles. The highest BCUT2D eigenvalue weighted by Crippen LogP contribution is 2.10. The molecule has 84 valence electrons. The van der Waals surface area contributed by atoms with Crippen LogP contribution in [-0.4, -0.2) is 4.21 Å². The number of halogens is 1. The van der Waals surface area contributed by atoms with Gasteiger partial charge in [-0.15, -0.1) is 0 Å². The highest BCUT2D eigenvalue weighted by molar-refractivity contribution is 14.1. The minimum absolute atomic E-state index is 0.464. The summed E-state index contributed by atoms with van der Waals surface area (Å²) in [7, 11) is -1.19. The summed E-state index contributed by atoms with van der Waals surface area (Å²) in [4.78, 5) is 0.770. The number of furan rings is 1. The van der Waals surface area contributed by atoms with E-state index >= 15 is 0 Å². The number of hydrogen-bond donors (Lipinski definition) is 1. The Kier molecular flexibility index (Phi) is 4.14.